The van der Waals surface area contributed by atoms with E-state index in [-0.39, 0.29) is 0 Å². The molecule has 1 N–H and O–H groups in total. The summed E-state index contributed by atoms with van der Waals surface area (Å²) in [7, 11) is 3.91. The lowest BCUT2D eigenvalue weighted by Crippen LogP contribution is -2.07. The zero-order valence-electron chi connectivity index (χ0n) is 9.34. The van der Waals surface area contributed by atoms with Gasteiger partial charge in [0.15, 0.2) is 5.16 Å². The van der Waals surface area contributed by atoms with Gasteiger partial charge in [0.25, 0.3) is 0 Å². The molecule has 0 aliphatic heterocycles. The largest absolute Gasteiger partial charge is 0.329 e. The molecule has 84 valence electrons. The Hall–Kier alpha value is -1.33. The summed E-state index contributed by atoms with van der Waals surface area (Å²) in [6.07, 6.45) is 5.54. The highest BCUT2D eigenvalue weighted by atomic mass is 32.2. The van der Waals surface area contributed by atoms with Crippen molar-refractivity contribution in [3.05, 3.63) is 36.3 Å². The Bertz CT molecular complexity index is 467. The Kier molecular flexibility index (Phi) is 3.58. The summed E-state index contributed by atoms with van der Waals surface area (Å²) >= 11 is 1.59. The summed E-state index contributed by atoms with van der Waals surface area (Å²) in [4.78, 5) is 8.66. The third kappa shape index (κ3) is 2.43. The Morgan fingerprint density at radius 2 is 2.25 bits per heavy atom. The average molecular weight is 234 g/mol. The Morgan fingerprint density at radius 3 is 2.94 bits per heavy atom. The summed E-state index contributed by atoms with van der Waals surface area (Å²) in [6, 6.07) is 4.03. The molecule has 2 rings (SSSR count). The van der Waals surface area contributed by atoms with E-state index in [4.69, 9.17) is 0 Å². The van der Waals surface area contributed by atoms with Crippen LogP contribution in [0.2, 0.25) is 0 Å². The van der Waals surface area contributed by atoms with Crippen molar-refractivity contribution < 1.29 is 0 Å². The van der Waals surface area contributed by atoms with Crippen molar-refractivity contribution in [3.63, 3.8) is 0 Å². The van der Waals surface area contributed by atoms with Gasteiger partial charge in [-0.3, -0.25) is 0 Å². The van der Waals surface area contributed by atoms with Crippen LogP contribution in [0.3, 0.4) is 0 Å². The van der Waals surface area contributed by atoms with E-state index in [9.17, 15) is 0 Å². The molecule has 16 heavy (non-hydrogen) atoms. The Balaban J connectivity index is 2.24. The maximum absolute atomic E-state index is 4.38. The molecule has 2 aromatic heterocycles. The van der Waals surface area contributed by atoms with E-state index in [2.05, 4.69) is 21.4 Å². The van der Waals surface area contributed by atoms with Crippen molar-refractivity contribution in [1.82, 2.24) is 19.9 Å². The van der Waals surface area contributed by atoms with Gasteiger partial charge in [-0.1, -0.05) is 6.07 Å². The number of aryl methyl sites for hydroxylation is 1. The van der Waals surface area contributed by atoms with E-state index in [0.717, 1.165) is 16.7 Å². The summed E-state index contributed by atoms with van der Waals surface area (Å²) in [5.41, 5.74) is 1.19. The third-order valence-electron chi connectivity index (χ3n) is 2.18. The molecule has 5 heteroatoms. The molecule has 2 aromatic rings. The SMILES string of the molecule is CNCc1cccnc1Sc1nccn1C. The van der Waals surface area contributed by atoms with Crippen LogP contribution in [0.15, 0.2) is 40.9 Å². The molecule has 0 fully saturated rings. The molecule has 0 spiro atoms. The van der Waals surface area contributed by atoms with Gasteiger partial charge in [-0.05, 0) is 30.4 Å². The fourth-order valence-electron chi connectivity index (χ4n) is 1.38. The molecule has 0 atom stereocenters. The molecule has 0 saturated carbocycles. The van der Waals surface area contributed by atoms with Crippen LogP contribution in [0.5, 0.6) is 0 Å². The summed E-state index contributed by atoms with van der Waals surface area (Å²) < 4.78 is 1.99. The monoisotopic (exact) mass is 234 g/mol. The third-order valence-corrected chi connectivity index (χ3v) is 3.32. The summed E-state index contributed by atoms with van der Waals surface area (Å²) in [5, 5.41) is 5.10. The number of nitrogens with one attached hydrogen (secondary N) is 1. The second kappa shape index (κ2) is 5.14. The van der Waals surface area contributed by atoms with Gasteiger partial charge >= 0.3 is 0 Å². The van der Waals surface area contributed by atoms with Crippen LogP contribution in [0, 0.1) is 0 Å². The fourth-order valence-corrected chi connectivity index (χ4v) is 2.25. The highest BCUT2D eigenvalue weighted by Gasteiger charge is 2.07. The average Bonchev–Trinajstić information content (AvgIpc) is 2.68. The molecule has 0 aliphatic carbocycles. The molecular formula is C11H14N4S. The first-order valence-corrected chi connectivity index (χ1v) is 5.86. The number of hydrogen-bond acceptors (Lipinski definition) is 4. The zero-order chi connectivity index (χ0) is 11.4. The zero-order valence-corrected chi connectivity index (χ0v) is 10.2. The molecule has 4 nitrogen and oxygen atoms in total. The van der Waals surface area contributed by atoms with Gasteiger partial charge in [0.05, 0.1) is 0 Å². The topological polar surface area (TPSA) is 42.7 Å². The van der Waals surface area contributed by atoms with Crippen molar-refractivity contribution in [2.75, 3.05) is 7.05 Å². The second-order valence-corrected chi connectivity index (χ2v) is 4.38. The lowest BCUT2D eigenvalue weighted by Gasteiger charge is -2.06. The van der Waals surface area contributed by atoms with Gasteiger partial charge in [-0.15, -0.1) is 0 Å². The van der Waals surface area contributed by atoms with E-state index in [1.165, 1.54) is 5.56 Å². The maximum atomic E-state index is 4.38. The smallest absolute Gasteiger partial charge is 0.174 e. The molecule has 0 radical (unpaired) electrons. The lowest BCUT2D eigenvalue weighted by atomic mass is 10.3. The minimum absolute atomic E-state index is 0.820. The molecule has 0 amide bonds. The standard InChI is InChI=1S/C11H14N4S/c1-12-8-9-4-3-5-13-10(9)16-11-14-6-7-15(11)2/h3-7,12H,8H2,1-2H3. The van der Waals surface area contributed by atoms with Crippen molar-refractivity contribution in [2.24, 2.45) is 7.05 Å². The number of pyridine rings is 1. The minimum Gasteiger partial charge on any atom is -0.329 e. The van der Waals surface area contributed by atoms with Crippen molar-refractivity contribution in [2.45, 2.75) is 16.7 Å². The van der Waals surface area contributed by atoms with Crippen LogP contribution < -0.4 is 5.32 Å². The number of rotatable bonds is 4. The van der Waals surface area contributed by atoms with Crippen LogP contribution in [0.1, 0.15) is 5.56 Å². The van der Waals surface area contributed by atoms with E-state index < -0.39 is 0 Å². The first-order chi connectivity index (χ1) is 7.81. The van der Waals surface area contributed by atoms with Crippen molar-refractivity contribution >= 4 is 11.8 Å². The predicted molar refractivity (Wildman–Crippen MR) is 64.3 cm³/mol. The normalized spacial score (nSPS) is 10.6. The van der Waals surface area contributed by atoms with Gasteiger partial charge in [0, 0.05) is 32.2 Å². The molecule has 0 aliphatic rings. The molecule has 0 aromatic carbocycles. The first-order valence-electron chi connectivity index (χ1n) is 5.05. The van der Waals surface area contributed by atoms with Crippen LogP contribution in [-0.4, -0.2) is 21.6 Å². The van der Waals surface area contributed by atoms with Gasteiger partial charge in [0.2, 0.25) is 0 Å². The van der Waals surface area contributed by atoms with E-state index in [1.807, 2.05) is 37.1 Å². The molecule has 2 heterocycles. The lowest BCUT2D eigenvalue weighted by molar-refractivity contribution is 0.775. The van der Waals surface area contributed by atoms with E-state index in [0.29, 0.717) is 0 Å². The Morgan fingerprint density at radius 1 is 1.38 bits per heavy atom. The number of hydrogen-bond donors (Lipinski definition) is 1. The summed E-state index contributed by atoms with van der Waals surface area (Å²) in [5.74, 6) is 0. The van der Waals surface area contributed by atoms with Gasteiger partial charge < -0.3 is 9.88 Å². The van der Waals surface area contributed by atoms with Crippen molar-refractivity contribution in [1.29, 1.82) is 0 Å². The fraction of sp³-hybridized carbons (Fsp3) is 0.273. The molecule has 0 saturated heterocycles. The Labute approximate surface area is 99.1 Å². The van der Waals surface area contributed by atoms with E-state index in [1.54, 1.807) is 18.0 Å². The van der Waals surface area contributed by atoms with Crippen LogP contribution >= 0.6 is 11.8 Å². The van der Waals surface area contributed by atoms with Gasteiger partial charge in [0.1, 0.15) is 5.03 Å². The molecular weight excluding hydrogens is 220 g/mol. The van der Waals surface area contributed by atoms with Gasteiger partial charge in [-0.2, -0.15) is 0 Å². The molecule has 0 unspecified atom stereocenters. The number of nitrogens with zero attached hydrogens (tertiary/aromatic N) is 3. The van der Waals surface area contributed by atoms with E-state index >= 15 is 0 Å². The van der Waals surface area contributed by atoms with Crippen LogP contribution in [0.4, 0.5) is 0 Å². The predicted octanol–water partition coefficient (Wildman–Crippen LogP) is 1.69. The minimum atomic E-state index is 0.820. The highest BCUT2D eigenvalue weighted by molar-refractivity contribution is 7.99. The summed E-state index contributed by atoms with van der Waals surface area (Å²) in [6.45, 7) is 0.820. The first kappa shape index (κ1) is 11.2. The molecule has 0 bridgehead atoms. The van der Waals surface area contributed by atoms with Crippen molar-refractivity contribution in [3.8, 4) is 0 Å². The van der Waals surface area contributed by atoms with Crippen LogP contribution in [0.25, 0.3) is 0 Å². The number of aromatic nitrogens is 3. The maximum Gasteiger partial charge on any atom is 0.174 e. The second-order valence-electron chi connectivity index (χ2n) is 3.42. The van der Waals surface area contributed by atoms with Gasteiger partial charge in [-0.25, -0.2) is 9.97 Å². The quantitative estimate of drug-likeness (QED) is 0.874. The number of imidazole rings is 1. The van der Waals surface area contributed by atoms with Crippen LogP contribution in [-0.2, 0) is 13.6 Å². The highest BCUT2D eigenvalue weighted by Crippen LogP contribution is 2.26.